The van der Waals surface area contributed by atoms with E-state index in [1.807, 2.05) is 44.6 Å². The Morgan fingerprint density at radius 1 is 1.08 bits per heavy atom. The van der Waals surface area contributed by atoms with Crippen molar-refractivity contribution in [1.82, 2.24) is 15.0 Å². The number of hydrogen-bond donors (Lipinski definition) is 0. The molecule has 6 nitrogen and oxygen atoms in total. The molecule has 0 radical (unpaired) electrons. The molecule has 3 rings (SSSR count). The highest BCUT2D eigenvalue weighted by Crippen LogP contribution is 2.20. The highest BCUT2D eigenvalue weighted by atomic mass is 16.5. The second-order valence-electron chi connectivity index (χ2n) is 5.93. The van der Waals surface area contributed by atoms with Gasteiger partial charge in [0.05, 0.1) is 25.4 Å². The van der Waals surface area contributed by atoms with Crippen LogP contribution in [-0.4, -0.2) is 42.2 Å². The number of rotatable bonds is 5. The number of carbonyl (C=O) groups is 1. The fourth-order valence-corrected chi connectivity index (χ4v) is 2.49. The monoisotopic (exact) mass is 336 g/mol. The Bertz CT molecular complexity index is 852. The van der Waals surface area contributed by atoms with Gasteiger partial charge in [-0.25, -0.2) is 9.48 Å². The van der Waals surface area contributed by atoms with Gasteiger partial charge in [0.2, 0.25) is 0 Å². The predicted octanol–water partition coefficient (Wildman–Crippen LogP) is 2.85. The van der Waals surface area contributed by atoms with Crippen LogP contribution in [0.25, 0.3) is 11.3 Å². The summed E-state index contributed by atoms with van der Waals surface area (Å²) >= 11 is 0. The lowest BCUT2D eigenvalue weighted by Crippen LogP contribution is -2.07. The molecule has 0 spiro atoms. The highest BCUT2D eigenvalue weighted by molar-refractivity contribution is 5.89. The molecular weight excluding hydrogens is 316 g/mol. The first kappa shape index (κ1) is 16.7. The number of methoxy groups -OCH3 is 1. The lowest BCUT2D eigenvalue weighted by Gasteiger charge is -2.11. The first-order chi connectivity index (χ1) is 12.1. The normalized spacial score (nSPS) is 10.5. The van der Waals surface area contributed by atoms with Gasteiger partial charge in [0, 0.05) is 25.3 Å². The van der Waals surface area contributed by atoms with Crippen molar-refractivity contribution in [3.05, 3.63) is 65.9 Å². The summed E-state index contributed by atoms with van der Waals surface area (Å²) in [4.78, 5) is 13.5. The summed E-state index contributed by atoms with van der Waals surface area (Å²) in [5, 5.41) is 8.43. The predicted molar refractivity (Wildman–Crippen MR) is 96.7 cm³/mol. The Morgan fingerprint density at radius 3 is 2.36 bits per heavy atom. The fourth-order valence-electron chi connectivity index (χ4n) is 2.49. The van der Waals surface area contributed by atoms with Crippen LogP contribution in [0.1, 0.15) is 15.9 Å². The summed E-state index contributed by atoms with van der Waals surface area (Å²) in [7, 11) is 5.39. The largest absolute Gasteiger partial charge is 0.465 e. The second kappa shape index (κ2) is 7.17. The van der Waals surface area contributed by atoms with E-state index in [1.165, 1.54) is 7.11 Å². The molecule has 25 heavy (non-hydrogen) atoms. The van der Waals surface area contributed by atoms with Crippen molar-refractivity contribution in [3.63, 3.8) is 0 Å². The van der Waals surface area contributed by atoms with Crippen molar-refractivity contribution in [2.75, 3.05) is 26.1 Å². The quantitative estimate of drug-likeness (QED) is 0.671. The zero-order valence-corrected chi connectivity index (χ0v) is 14.5. The maximum atomic E-state index is 11.5. The zero-order chi connectivity index (χ0) is 17.8. The summed E-state index contributed by atoms with van der Waals surface area (Å²) in [6.45, 7) is 0.588. The molecule has 0 N–H and O–H groups in total. The number of anilines is 1. The van der Waals surface area contributed by atoms with E-state index >= 15 is 0 Å². The van der Waals surface area contributed by atoms with Gasteiger partial charge >= 0.3 is 5.97 Å². The van der Waals surface area contributed by atoms with Crippen molar-refractivity contribution < 1.29 is 9.53 Å². The molecule has 0 saturated heterocycles. The van der Waals surface area contributed by atoms with Gasteiger partial charge < -0.3 is 9.64 Å². The summed E-state index contributed by atoms with van der Waals surface area (Å²) < 4.78 is 6.48. The molecule has 0 aliphatic rings. The van der Waals surface area contributed by atoms with E-state index in [0.717, 1.165) is 22.5 Å². The zero-order valence-electron chi connectivity index (χ0n) is 14.5. The van der Waals surface area contributed by atoms with Gasteiger partial charge in [0.1, 0.15) is 5.69 Å². The molecule has 0 aliphatic carbocycles. The molecule has 0 amide bonds. The molecule has 1 heterocycles. The van der Waals surface area contributed by atoms with Crippen LogP contribution in [0.5, 0.6) is 0 Å². The minimum absolute atomic E-state index is 0.337. The van der Waals surface area contributed by atoms with Gasteiger partial charge in [-0.3, -0.25) is 0 Å². The molecule has 0 aliphatic heterocycles. The van der Waals surface area contributed by atoms with Crippen LogP contribution in [0, 0.1) is 0 Å². The van der Waals surface area contributed by atoms with Crippen LogP contribution in [0.2, 0.25) is 0 Å². The van der Waals surface area contributed by atoms with Gasteiger partial charge in [-0.05, 0) is 29.8 Å². The van der Waals surface area contributed by atoms with E-state index in [-0.39, 0.29) is 5.97 Å². The summed E-state index contributed by atoms with van der Waals surface area (Å²) in [5.41, 5.74) is 4.56. The van der Waals surface area contributed by atoms with Crippen LogP contribution in [-0.2, 0) is 11.3 Å². The number of nitrogens with zero attached hydrogens (tertiary/aromatic N) is 4. The standard InChI is InChI=1S/C19H20N4O2/c1-22(2)17-10-8-15(9-11-17)18-13-23(21-20-18)12-14-4-6-16(7-5-14)19(24)25-3/h4-11,13H,12H2,1-3H3. The lowest BCUT2D eigenvalue weighted by atomic mass is 10.1. The van der Waals surface area contributed by atoms with Gasteiger partial charge in [0.25, 0.3) is 0 Å². The van der Waals surface area contributed by atoms with E-state index in [1.54, 1.807) is 16.8 Å². The van der Waals surface area contributed by atoms with E-state index in [9.17, 15) is 4.79 Å². The van der Waals surface area contributed by atoms with Crippen LogP contribution < -0.4 is 4.90 Å². The molecule has 128 valence electrons. The van der Waals surface area contributed by atoms with E-state index < -0.39 is 0 Å². The Kier molecular flexibility index (Phi) is 4.79. The molecule has 2 aromatic carbocycles. The van der Waals surface area contributed by atoms with Gasteiger partial charge in [-0.15, -0.1) is 5.10 Å². The number of aromatic nitrogens is 3. The number of benzene rings is 2. The average molecular weight is 336 g/mol. The maximum absolute atomic E-state index is 11.5. The third-order valence-corrected chi connectivity index (χ3v) is 3.94. The number of esters is 1. The average Bonchev–Trinajstić information content (AvgIpc) is 3.10. The minimum Gasteiger partial charge on any atom is -0.465 e. The van der Waals surface area contributed by atoms with E-state index in [2.05, 4.69) is 27.3 Å². The molecule has 3 aromatic rings. The Morgan fingerprint density at radius 2 is 1.76 bits per heavy atom. The Hall–Kier alpha value is -3.15. The Balaban J connectivity index is 1.72. The highest BCUT2D eigenvalue weighted by Gasteiger charge is 2.07. The van der Waals surface area contributed by atoms with Crippen LogP contribution in [0.3, 0.4) is 0 Å². The minimum atomic E-state index is -0.337. The molecule has 0 bridgehead atoms. The number of hydrogen-bond acceptors (Lipinski definition) is 5. The van der Waals surface area contributed by atoms with Crippen molar-refractivity contribution >= 4 is 11.7 Å². The smallest absolute Gasteiger partial charge is 0.337 e. The van der Waals surface area contributed by atoms with Gasteiger partial charge in [0.15, 0.2) is 0 Å². The lowest BCUT2D eigenvalue weighted by molar-refractivity contribution is 0.0600. The van der Waals surface area contributed by atoms with Crippen molar-refractivity contribution in [3.8, 4) is 11.3 Å². The molecule has 0 fully saturated rings. The number of carbonyl (C=O) groups excluding carboxylic acids is 1. The number of ether oxygens (including phenoxy) is 1. The molecule has 0 unspecified atom stereocenters. The molecule has 0 saturated carbocycles. The molecule has 6 heteroatoms. The maximum Gasteiger partial charge on any atom is 0.337 e. The van der Waals surface area contributed by atoms with E-state index in [0.29, 0.717) is 12.1 Å². The van der Waals surface area contributed by atoms with Gasteiger partial charge in [-0.2, -0.15) is 0 Å². The van der Waals surface area contributed by atoms with Gasteiger partial charge in [-0.1, -0.05) is 29.5 Å². The van der Waals surface area contributed by atoms with Crippen molar-refractivity contribution in [2.24, 2.45) is 0 Å². The third-order valence-electron chi connectivity index (χ3n) is 3.94. The first-order valence-electron chi connectivity index (χ1n) is 7.92. The summed E-state index contributed by atoms with van der Waals surface area (Å²) in [6, 6.07) is 15.5. The van der Waals surface area contributed by atoms with Crippen LogP contribution in [0.15, 0.2) is 54.7 Å². The van der Waals surface area contributed by atoms with Crippen molar-refractivity contribution in [1.29, 1.82) is 0 Å². The molecule has 1 aromatic heterocycles. The molecular formula is C19H20N4O2. The van der Waals surface area contributed by atoms with Crippen LogP contribution in [0.4, 0.5) is 5.69 Å². The molecule has 0 atom stereocenters. The third kappa shape index (κ3) is 3.85. The Labute approximate surface area is 146 Å². The van der Waals surface area contributed by atoms with Crippen LogP contribution >= 0.6 is 0 Å². The SMILES string of the molecule is COC(=O)c1ccc(Cn2cc(-c3ccc(N(C)C)cc3)nn2)cc1. The first-order valence-corrected chi connectivity index (χ1v) is 7.92. The summed E-state index contributed by atoms with van der Waals surface area (Å²) in [6.07, 6.45) is 1.92. The van der Waals surface area contributed by atoms with E-state index in [4.69, 9.17) is 4.74 Å². The second-order valence-corrected chi connectivity index (χ2v) is 5.93. The fraction of sp³-hybridized carbons (Fsp3) is 0.211. The topological polar surface area (TPSA) is 60.2 Å². The summed E-state index contributed by atoms with van der Waals surface area (Å²) in [5.74, 6) is -0.337. The van der Waals surface area contributed by atoms with Crippen molar-refractivity contribution in [2.45, 2.75) is 6.54 Å².